The quantitative estimate of drug-likeness (QED) is 0.232. The number of nitrogens with zero attached hydrogens (tertiary/aromatic N) is 2. The van der Waals surface area contributed by atoms with E-state index in [1.54, 1.807) is 12.1 Å². The second-order valence-electron chi connectivity index (χ2n) is 4.74. The van der Waals surface area contributed by atoms with Crippen molar-refractivity contribution in [2.45, 2.75) is 15.5 Å². The highest BCUT2D eigenvalue weighted by molar-refractivity contribution is 7.99. The fourth-order valence-electron chi connectivity index (χ4n) is 1.67. The Morgan fingerprint density at radius 2 is 1.19 bits per heavy atom. The van der Waals surface area contributed by atoms with Gasteiger partial charge in [0.25, 0.3) is 0 Å². The fourth-order valence-corrected chi connectivity index (χ4v) is 3.77. The number of thiol groups is 1. The zero-order valence-corrected chi connectivity index (χ0v) is 18.5. The molecule has 0 saturated heterocycles. The van der Waals surface area contributed by atoms with E-state index >= 15 is 0 Å². The third-order valence-electron chi connectivity index (χ3n) is 2.88. The average molecular weight is 485 g/mol. The average Bonchev–Trinajstić information content (AvgIpc) is 2.61. The van der Waals surface area contributed by atoms with Crippen molar-refractivity contribution in [3.63, 3.8) is 0 Å². The summed E-state index contributed by atoms with van der Waals surface area (Å²) in [5.41, 5.74) is 1.20. The first kappa shape index (κ1) is 22.0. The van der Waals surface area contributed by atoms with Crippen molar-refractivity contribution in [1.82, 2.24) is 9.97 Å². The molecule has 26 heavy (non-hydrogen) atoms. The van der Waals surface area contributed by atoms with Crippen LogP contribution in [0.25, 0.3) is 0 Å². The van der Waals surface area contributed by atoms with Crippen LogP contribution in [0.1, 0.15) is 5.56 Å². The zero-order chi connectivity index (χ0) is 19.1. The molecule has 0 aliphatic heterocycles. The molecule has 0 radical (unpaired) electrons. The Morgan fingerprint density at radius 3 is 1.65 bits per heavy atom. The number of rotatable bonds is 3. The van der Waals surface area contributed by atoms with Gasteiger partial charge in [-0.05, 0) is 53.6 Å². The van der Waals surface area contributed by atoms with E-state index in [0.29, 0.717) is 9.92 Å². The van der Waals surface area contributed by atoms with Crippen LogP contribution < -0.4 is 0 Å². The van der Waals surface area contributed by atoms with Gasteiger partial charge in [-0.25, -0.2) is 9.97 Å². The molecule has 136 valence electrons. The van der Waals surface area contributed by atoms with E-state index in [1.807, 2.05) is 36.4 Å². The van der Waals surface area contributed by atoms with E-state index in [9.17, 15) is 0 Å². The topological polar surface area (TPSA) is 25.8 Å². The van der Waals surface area contributed by atoms with Crippen LogP contribution in [-0.2, 0) is 5.75 Å². The first-order valence-electron chi connectivity index (χ1n) is 7.06. The van der Waals surface area contributed by atoms with Crippen molar-refractivity contribution < 1.29 is 0 Å². The predicted molar refractivity (Wildman–Crippen MR) is 117 cm³/mol. The molecule has 1 aromatic heterocycles. The molecule has 0 aliphatic rings. The number of hydrogen-bond acceptors (Lipinski definition) is 4. The molecular formula is C17H11Cl5N2S2. The first-order chi connectivity index (χ1) is 12.4. The molecule has 0 bridgehead atoms. The summed E-state index contributed by atoms with van der Waals surface area (Å²) in [6, 6.07) is 14.9. The standard InChI is InChI=1S/C10H4Cl4N2S.C7H7ClS/c11-5-1-3-6(4-2-5)17-7-8(12)15-10(14)16-9(7)13;8-7-3-1-6(5-9)2-4-7/h1-4H;1-4,9H,5H2. The molecule has 0 unspecified atom stereocenters. The number of hydrogen-bond donors (Lipinski definition) is 1. The molecule has 0 spiro atoms. The van der Waals surface area contributed by atoms with Crippen molar-refractivity contribution in [2.24, 2.45) is 0 Å². The normalized spacial score (nSPS) is 10.2. The second-order valence-corrected chi connectivity index (χ2v) is 8.07. The van der Waals surface area contributed by atoms with Crippen LogP contribution in [0, 0.1) is 0 Å². The summed E-state index contributed by atoms with van der Waals surface area (Å²) in [4.78, 5) is 9.18. The van der Waals surface area contributed by atoms with Crippen LogP contribution in [0.5, 0.6) is 0 Å². The third-order valence-corrected chi connectivity index (χ3v) is 5.79. The van der Waals surface area contributed by atoms with Gasteiger partial charge in [0.05, 0.1) is 4.90 Å². The monoisotopic (exact) mass is 482 g/mol. The van der Waals surface area contributed by atoms with Crippen LogP contribution >= 0.6 is 82.4 Å². The molecule has 0 saturated carbocycles. The lowest BCUT2D eigenvalue weighted by molar-refractivity contribution is 1.10. The number of aromatic nitrogens is 2. The van der Waals surface area contributed by atoms with Crippen molar-refractivity contribution in [2.75, 3.05) is 0 Å². The van der Waals surface area contributed by atoms with E-state index in [-0.39, 0.29) is 15.6 Å². The van der Waals surface area contributed by atoms with Crippen LogP contribution in [0.3, 0.4) is 0 Å². The summed E-state index contributed by atoms with van der Waals surface area (Å²) in [6.45, 7) is 0. The van der Waals surface area contributed by atoms with E-state index in [2.05, 4.69) is 22.6 Å². The van der Waals surface area contributed by atoms with Gasteiger partial charge >= 0.3 is 0 Å². The van der Waals surface area contributed by atoms with Crippen LogP contribution in [0.2, 0.25) is 25.6 Å². The largest absolute Gasteiger partial charge is 0.225 e. The highest BCUT2D eigenvalue weighted by Crippen LogP contribution is 2.37. The summed E-state index contributed by atoms with van der Waals surface area (Å²) in [5, 5.41) is 1.93. The summed E-state index contributed by atoms with van der Waals surface area (Å²) in [7, 11) is 0. The minimum absolute atomic E-state index is 0.0282. The fraction of sp³-hybridized carbons (Fsp3) is 0.0588. The number of benzene rings is 2. The van der Waals surface area contributed by atoms with Gasteiger partial charge in [-0.2, -0.15) is 12.6 Å². The Balaban J connectivity index is 0.000000228. The van der Waals surface area contributed by atoms with Gasteiger partial charge < -0.3 is 0 Å². The molecule has 3 rings (SSSR count). The molecule has 3 aromatic rings. The maximum atomic E-state index is 5.95. The van der Waals surface area contributed by atoms with E-state index in [4.69, 9.17) is 58.0 Å². The Hall–Kier alpha value is -0.330. The van der Waals surface area contributed by atoms with E-state index in [1.165, 1.54) is 17.3 Å². The van der Waals surface area contributed by atoms with Crippen LogP contribution in [0.15, 0.2) is 58.3 Å². The van der Waals surface area contributed by atoms with Gasteiger partial charge in [-0.3, -0.25) is 0 Å². The molecule has 2 aromatic carbocycles. The highest BCUT2D eigenvalue weighted by atomic mass is 35.5. The van der Waals surface area contributed by atoms with Crippen LogP contribution in [0.4, 0.5) is 0 Å². The Labute approximate surface area is 186 Å². The Morgan fingerprint density at radius 1 is 0.731 bits per heavy atom. The molecule has 0 N–H and O–H groups in total. The predicted octanol–water partition coefficient (Wildman–Crippen LogP) is 8.01. The maximum absolute atomic E-state index is 5.95. The summed E-state index contributed by atoms with van der Waals surface area (Å²) >= 11 is 34.4. The molecule has 1 heterocycles. The van der Waals surface area contributed by atoms with Gasteiger partial charge in [0.2, 0.25) is 5.28 Å². The minimum Gasteiger partial charge on any atom is -0.205 e. The highest BCUT2D eigenvalue weighted by Gasteiger charge is 2.12. The third kappa shape index (κ3) is 7.01. The summed E-state index contributed by atoms with van der Waals surface area (Å²) < 4.78 is 0. The smallest absolute Gasteiger partial charge is 0.205 e. The van der Waals surface area contributed by atoms with Crippen molar-refractivity contribution in [3.05, 3.63) is 79.7 Å². The Bertz CT molecular complexity index is 835. The van der Waals surface area contributed by atoms with Crippen molar-refractivity contribution in [3.8, 4) is 0 Å². The van der Waals surface area contributed by atoms with Gasteiger partial charge in [0, 0.05) is 20.7 Å². The van der Waals surface area contributed by atoms with E-state index < -0.39 is 0 Å². The van der Waals surface area contributed by atoms with Gasteiger partial charge in [0.1, 0.15) is 10.3 Å². The maximum Gasteiger partial charge on any atom is 0.225 e. The second kappa shape index (κ2) is 10.9. The lowest BCUT2D eigenvalue weighted by Crippen LogP contribution is -1.88. The zero-order valence-electron chi connectivity index (χ0n) is 13.0. The van der Waals surface area contributed by atoms with Crippen molar-refractivity contribution in [1.29, 1.82) is 0 Å². The van der Waals surface area contributed by atoms with Gasteiger partial charge in [0.15, 0.2) is 0 Å². The lowest BCUT2D eigenvalue weighted by Gasteiger charge is -2.05. The number of halogens is 5. The Kier molecular flexibility index (Phi) is 9.18. The SMILES string of the molecule is Clc1ccc(Sc2c(Cl)nc(Cl)nc2Cl)cc1.SCc1ccc(Cl)cc1. The minimum atomic E-state index is 0.0282. The van der Waals surface area contributed by atoms with Gasteiger partial charge in [-0.15, -0.1) is 0 Å². The van der Waals surface area contributed by atoms with Crippen LogP contribution in [-0.4, -0.2) is 9.97 Å². The lowest BCUT2D eigenvalue weighted by atomic mass is 10.2. The summed E-state index contributed by atoms with van der Waals surface area (Å²) in [5.74, 6) is 0.775. The van der Waals surface area contributed by atoms with E-state index in [0.717, 1.165) is 15.7 Å². The first-order valence-corrected chi connectivity index (χ1v) is 10.4. The molecule has 2 nitrogen and oxygen atoms in total. The van der Waals surface area contributed by atoms with Gasteiger partial charge in [-0.1, -0.05) is 70.3 Å². The molecule has 0 atom stereocenters. The molecular weight excluding hydrogens is 474 g/mol. The molecule has 0 fully saturated rings. The summed E-state index contributed by atoms with van der Waals surface area (Å²) in [6.07, 6.45) is 0. The molecule has 9 heteroatoms. The molecule has 0 amide bonds. The van der Waals surface area contributed by atoms with Crippen molar-refractivity contribution >= 4 is 82.4 Å². The molecule has 0 aliphatic carbocycles.